The number of fused-ring (bicyclic) bond motifs is 1. The molecule has 0 atom stereocenters. The average Bonchev–Trinajstić information content (AvgIpc) is 2.41. The molecule has 18 heavy (non-hydrogen) atoms. The number of hydrogen-bond donors (Lipinski definition) is 1. The SMILES string of the molecule is Brc1cccc2ccc(Nc3cccnc3)nc12. The van der Waals surface area contributed by atoms with Crippen molar-refractivity contribution in [1.82, 2.24) is 9.97 Å². The van der Waals surface area contributed by atoms with Crippen LogP contribution in [0.4, 0.5) is 11.5 Å². The van der Waals surface area contributed by atoms with Crippen molar-refractivity contribution in [3.8, 4) is 0 Å². The van der Waals surface area contributed by atoms with Gasteiger partial charge in [-0.05, 0) is 46.3 Å². The number of pyridine rings is 2. The molecule has 3 nitrogen and oxygen atoms in total. The van der Waals surface area contributed by atoms with Gasteiger partial charge in [0.05, 0.1) is 17.4 Å². The molecular weight excluding hydrogens is 290 g/mol. The molecule has 3 aromatic rings. The second-order valence-corrected chi connectivity index (χ2v) is 4.73. The molecule has 1 N–H and O–H groups in total. The first-order valence-electron chi connectivity index (χ1n) is 5.55. The smallest absolute Gasteiger partial charge is 0.131 e. The molecule has 0 unspecified atom stereocenters. The molecule has 0 aliphatic heterocycles. The van der Waals surface area contributed by atoms with Crippen LogP contribution >= 0.6 is 15.9 Å². The summed E-state index contributed by atoms with van der Waals surface area (Å²) >= 11 is 3.51. The van der Waals surface area contributed by atoms with E-state index in [0.717, 1.165) is 26.9 Å². The second-order valence-electron chi connectivity index (χ2n) is 3.87. The zero-order chi connectivity index (χ0) is 12.4. The molecule has 3 rings (SSSR count). The van der Waals surface area contributed by atoms with Crippen LogP contribution in [0, 0.1) is 0 Å². The molecule has 1 aromatic carbocycles. The van der Waals surface area contributed by atoms with E-state index in [1.54, 1.807) is 12.4 Å². The Morgan fingerprint density at radius 2 is 1.94 bits per heavy atom. The topological polar surface area (TPSA) is 37.8 Å². The van der Waals surface area contributed by atoms with Crippen molar-refractivity contribution in [2.75, 3.05) is 5.32 Å². The largest absolute Gasteiger partial charge is 0.339 e. The zero-order valence-electron chi connectivity index (χ0n) is 9.47. The summed E-state index contributed by atoms with van der Waals surface area (Å²) in [6.07, 6.45) is 3.52. The predicted molar refractivity (Wildman–Crippen MR) is 77.0 cm³/mol. The molecule has 0 radical (unpaired) electrons. The van der Waals surface area contributed by atoms with E-state index in [4.69, 9.17) is 0 Å². The van der Waals surface area contributed by atoms with Crippen LogP contribution in [0.2, 0.25) is 0 Å². The van der Waals surface area contributed by atoms with Crippen molar-refractivity contribution in [3.05, 3.63) is 59.3 Å². The Morgan fingerprint density at radius 3 is 2.78 bits per heavy atom. The van der Waals surface area contributed by atoms with Gasteiger partial charge in [-0.3, -0.25) is 4.98 Å². The summed E-state index contributed by atoms with van der Waals surface area (Å²) in [5, 5.41) is 4.34. The van der Waals surface area contributed by atoms with Crippen molar-refractivity contribution in [3.63, 3.8) is 0 Å². The molecule has 0 aliphatic rings. The Labute approximate surface area is 113 Å². The van der Waals surface area contributed by atoms with Crippen molar-refractivity contribution in [2.45, 2.75) is 0 Å². The number of nitrogens with one attached hydrogen (secondary N) is 1. The Bertz CT molecular complexity index is 683. The van der Waals surface area contributed by atoms with E-state index in [1.165, 1.54) is 0 Å². The fourth-order valence-electron chi connectivity index (χ4n) is 1.77. The van der Waals surface area contributed by atoms with Crippen LogP contribution in [0.1, 0.15) is 0 Å². The third-order valence-electron chi connectivity index (χ3n) is 2.60. The minimum Gasteiger partial charge on any atom is -0.339 e. The van der Waals surface area contributed by atoms with Crippen LogP contribution in [-0.4, -0.2) is 9.97 Å². The fraction of sp³-hybridized carbons (Fsp3) is 0. The average molecular weight is 300 g/mol. The number of para-hydroxylation sites is 1. The number of halogens is 1. The van der Waals surface area contributed by atoms with E-state index < -0.39 is 0 Å². The number of aromatic nitrogens is 2. The molecule has 2 heterocycles. The molecule has 0 saturated heterocycles. The van der Waals surface area contributed by atoms with Gasteiger partial charge in [-0.25, -0.2) is 4.98 Å². The lowest BCUT2D eigenvalue weighted by Crippen LogP contribution is -1.94. The van der Waals surface area contributed by atoms with E-state index in [9.17, 15) is 0 Å². The van der Waals surface area contributed by atoms with Gasteiger partial charge in [0.15, 0.2) is 0 Å². The first-order valence-corrected chi connectivity index (χ1v) is 6.34. The summed E-state index contributed by atoms with van der Waals surface area (Å²) in [7, 11) is 0. The van der Waals surface area contributed by atoms with E-state index in [1.807, 2.05) is 42.5 Å². The lowest BCUT2D eigenvalue weighted by atomic mass is 10.2. The first kappa shape index (κ1) is 11.2. The molecule has 0 aliphatic carbocycles. The number of benzene rings is 1. The van der Waals surface area contributed by atoms with E-state index in [0.29, 0.717) is 0 Å². The Balaban J connectivity index is 2.01. The molecule has 0 fully saturated rings. The van der Waals surface area contributed by atoms with Gasteiger partial charge in [-0.1, -0.05) is 12.1 Å². The van der Waals surface area contributed by atoms with Crippen molar-refractivity contribution in [1.29, 1.82) is 0 Å². The van der Waals surface area contributed by atoms with Crippen LogP contribution < -0.4 is 5.32 Å². The summed E-state index contributed by atoms with van der Waals surface area (Å²) in [4.78, 5) is 8.65. The summed E-state index contributed by atoms with van der Waals surface area (Å²) in [5.41, 5.74) is 1.88. The molecule has 88 valence electrons. The van der Waals surface area contributed by atoms with Gasteiger partial charge >= 0.3 is 0 Å². The third-order valence-corrected chi connectivity index (χ3v) is 3.24. The number of hydrogen-bond acceptors (Lipinski definition) is 3. The highest BCUT2D eigenvalue weighted by molar-refractivity contribution is 9.10. The monoisotopic (exact) mass is 299 g/mol. The van der Waals surface area contributed by atoms with E-state index >= 15 is 0 Å². The van der Waals surface area contributed by atoms with Gasteiger partial charge in [-0.2, -0.15) is 0 Å². The van der Waals surface area contributed by atoms with Crippen LogP contribution in [0.15, 0.2) is 59.3 Å². The molecule has 0 amide bonds. The molecule has 4 heteroatoms. The number of rotatable bonds is 2. The summed E-state index contributed by atoms with van der Waals surface area (Å²) in [6, 6.07) is 13.9. The van der Waals surface area contributed by atoms with Gasteiger partial charge in [0.1, 0.15) is 5.82 Å². The fourth-order valence-corrected chi connectivity index (χ4v) is 2.24. The Hall–Kier alpha value is -1.94. The van der Waals surface area contributed by atoms with Gasteiger partial charge in [0.25, 0.3) is 0 Å². The minimum atomic E-state index is 0.808. The van der Waals surface area contributed by atoms with E-state index in [-0.39, 0.29) is 0 Å². The van der Waals surface area contributed by atoms with E-state index in [2.05, 4.69) is 31.2 Å². The maximum atomic E-state index is 4.58. The minimum absolute atomic E-state index is 0.808. The zero-order valence-corrected chi connectivity index (χ0v) is 11.1. The Kier molecular flexibility index (Phi) is 2.94. The molecule has 0 saturated carbocycles. The highest BCUT2D eigenvalue weighted by Crippen LogP contribution is 2.24. The third kappa shape index (κ3) is 2.19. The van der Waals surface area contributed by atoms with Gasteiger partial charge in [0, 0.05) is 16.1 Å². The lowest BCUT2D eigenvalue weighted by Gasteiger charge is -2.06. The second kappa shape index (κ2) is 4.74. The van der Waals surface area contributed by atoms with Crippen molar-refractivity contribution >= 4 is 38.3 Å². The quantitative estimate of drug-likeness (QED) is 0.773. The predicted octanol–water partition coefficient (Wildman–Crippen LogP) is 4.14. The van der Waals surface area contributed by atoms with Crippen molar-refractivity contribution in [2.24, 2.45) is 0 Å². The highest BCUT2D eigenvalue weighted by Gasteiger charge is 2.02. The standard InChI is InChI=1S/C14H10BrN3/c15-12-5-1-3-10-6-7-13(18-14(10)12)17-11-4-2-8-16-9-11/h1-9H,(H,17,18). The summed E-state index contributed by atoms with van der Waals surface area (Å²) < 4.78 is 0.995. The molecule has 0 bridgehead atoms. The number of nitrogens with zero attached hydrogens (tertiary/aromatic N) is 2. The van der Waals surface area contributed by atoms with Crippen LogP contribution in [0.3, 0.4) is 0 Å². The van der Waals surface area contributed by atoms with Crippen LogP contribution in [0.5, 0.6) is 0 Å². The Morgan fingerprint density at radius 1 is 1.00 bits per heavy atom. The van der Waals surface area contributed by atoms with Gasteiger partial charge in [-0.15, -0.1) is 0 Å². The van der Waals surface area contributed by atoms with Crippen molar-refractivity contribution < 1.29 is 0 Å². The highest BCUT2D eigenvalue weighted by atomic mass is 79.9. The van der Waals surface area contributed by atoms with Crippen LogP contribution in [-0.2, 0) is 0 Å². The van der Waals surface area contributed by atoms with Gasteiger partial charge < -0.3 is 5.32 Å². The molecule has 0 spiro atoms. The normalized spacial score (nSPS) is 10.5. The lowest BCUT2D eigenvalue weighted by molar-refractivity contribution is 1.30. The molecule has 2 aromatic heterocycles. The summed E-state index contributed by atoms with van der Waals surface area (Å²) in [6.45, 7) is 0. The van der Waals surface area contributed by atoms with Gasteiger partial charge in [0.2, 0.25) is 0 Å². The summed E-state index contributed by atoms with van der Waals surface area (Å²) in [5.74, 6) is 0.808. The molecular formula is C14H10BrN3. The maximum absolute atomic E-state index is 4.58. The maximum Gasteiger partial charge on any atom is 0.131 e. The first-order chi connectivity index (χ1) is 8.83. The number of anilines is 2. The van der Waals surface area contributed by atoms with Crippen LogP contribution in [0.25, 0.3) is 10.9 Å².